The van der Waals surface area contributed by atoms with Crippen LogP contribution in [-0.4, -0.2) is 26.2 Å². The van der Waals surface area contributed by atoms with Crippen molar-refractivity contribution < 1.29 is 4.79 Å². The molecule has 1 aromatic carbocycles. The van der Waals surface area contributed by atoms with Crippen LogP contribution >= 0.6 is 11.8 Å². The molecule has 0 spiro atoms. The zero-order valence-electron chi connectivity index (χ0n) is 17.9. The maximum Gasteiger partial charge on any atom is 0.349 e. The molecule has 0 aliphatic heterocycles. The van der Waals surface area contributed by atoms with Gasteiger partial charge in [-0.3, -0.25) is 14.3 Å². The summed E-state index contributed by atoms with van der Waals surface area (Å²) < 4.78 is 1.78. The number of nitrogens with one attached hydrogen (secondary N) is 1. The predicted octanol–water partition coefficient (Wildman–Crippen LogP) is 3.91. The summed E-state index contributed by atoms with van der Waals surface area (Å²) in [6.07, 6.45) is 7.35. The predicted molar refractivity (Wildman–Crippen MR) is 124 cm³/mol. The Labute approximate surface area is 186 Å². The normalized spacial score (nSPS) is 13.0. The number of hydrogen-bond donors (Lipinski definition) is 1. The molecule has 1 amide bonds. The second-order valence-electron chi connectivity index (χ2n) is 7.93. The van der Waals surface area contributed by atoms with Crippen molar-refractivity contribution >= 4 is 23.4 Å². The molecule has 1 aliphatic carbocycles. The first-order valence-corrected chi connectivity index (χ1v) is 11.5. The van der Waals surface area contributed by atoms with Gasteiger partial charge in [0.2, 0.25) is 5.91 Å². The van der Waals surface area contributed by atoms with Crippen molar-refractivity contribution in [1.82, 2.24) is 14.5 Å². The molecule has 0 radical (unpaired) electrons. The van der Waals surface area contributed by atoms with Gasteiger partial charge >= 0.3 is 5.69 Å². The third-order valence-corrected chi connectivity index (χ3v) is 6.57. The van der Waals surface area contributed by atoms with Gasteiger partial charge in [0.15, 0.2) is 0 Å². The van der Waals surface area contributed by atoms with Crippen molar-refractivity contribution in [3.63, 3.8) is 0 Å². The molecule has 0 saturated heterocycles. The molecule has 2 aromatic heterocycles. The van der Waals surface area contributed by atoms with Crippen LogP contribution in [0.15, 0.2) is 52.5 Å². The third kappa shape index (κ3) is 5.05. The lowest BCUT2D eigenvalue weighted by molar-refractivity contribution is -0.113. The molecule has 0 fully saturated rings. The van der Waals surface area contributed by atoms with E-state index in [1.54, 1.807) is 17.0 Å². The van der Waals surface area contributed by atoms with Crippen LogP contribution in [0.3, 0.4) is 0 Å². The maximum atomic E-state index is 12.9. The number of carbonyl (C=O) groups excluding carboxylic acids is 1. The SMILES string of the molecule is Cc1ccc(C)c(NC(=O)CSc2nc(=O)n(Cc3ccncc3)c3c2CCCC3)c1. The summed E-state index contributed by atoms with van der Waals surface area (Å²) in [4.78, 5) is 33.8. The van der Waals surface area contributed by atoms with Crippen molar-refractivity contribution in [3.05, 3.63) is 81.2 Å². The van der Waals surface area contributed by atoms with Crippen LogP contribution in [0.4, 0.5) is 5.69 Å². The van der Waals surface area contributed by atoms with E-state index < -0.39 is 0 Å². The highest BCUT2D eigenvalue weighted by atomic mass is 32.2. The summed E-state index contributed by atoms with van der Waals surface area (Å²) in [7, 11) is 0. The largest absolute Gasteiger partial charge is 0.349 e. The van der Waals surface area contributed by atoms with Gasteiger partial charge in [-0.15, -0.1) is 0 Å². The summed E-state index contributed by atoms with van der Waals surface area (Å²) in [5, 5.41) is 3.68. The highest BCUT2D eigenvalue weighted by molar-refractivity contribution is 8.00. The van der Waals surface area contributed by atoms with Gasteiger partial charge in [0.1, 0.15) is 5.03 Å². The Kier molecular flexibility index (Phi) is 6.51. The number of thioether (sulfide) groups is 1. The number of nitrogens with zero attached hydrogens (tertiary/aromatic N) is 3. The van der Waals surface area contributed by atoms with Crippen LogP contribution in [0.25, 0.3) is 0 Å². The number of pyridine rings is 1. The van der Waals surface area contributed by atoms with E-state index in [1.165, 1.54) is 11.8 Å². The van der Waals surface area contributed by atoms with Crippen molar-refractivity contribution in [2.45, 2.75) is 51.1 Å². The van der Waals surface area contributed by atoms with E-state index in [1.807, 2.05) is 44.2 Å². The van der Waals surface area contributed by atoms with E-state index in [2.05, 4.69) is 15.3 Å². The highest BCUT2D eigenvalue weighted by Gasteiger charge is 2.21. The highest BCUT2D eigenvalue weighted by Crippen LogP contribution is 2.29. The first kappa shape index (κ1) is 21.3. The van der Waals surface area contributed by atoms with Gasteiger partial charge in [-0.05, 0) is 74.4 Å². The number of rotatable bonds is 6. The average molecular weight is 435 g/mol. The van der Waals surface area contributed by atoms with Crippen molar-refractivity contribution in [3.8, 4) is 0 Å². The first-order chi connectivity index (χ1) is 15.0. The molecule has 0 unspecified atom stereocenters. The number of carbonyl (C=O) groups is 1. The van der Waals surface area contributed by atoms with Gasteiger partial charge in [-0.2, -0.15) is 4.98 Å². The lowest BCUT2D eigenvalue weighted by Crippen LogP contribution is -2.30. The van der Waals surface area contributed by atoms with Crippen LogP contribution < -0.4 is 11.0 Å². The first-order valence-electron chi connectivity index (χ1n) is 10.5. The van der Waals surface area contributed by atoms with Gasteiger partial charge in [0.25, 0.3) is 0 Å². The average Bonchev–Trinajstić information content (AvgIpc) is 2.78. The van der Waals surface area contributed by atoms with Crippen LogP contribution in [0.2, 0.25) is 0 Å². The van der Waals surface area contributed by atoms with E-state index in [-0.39, 0.29) is 17.3 Å². The van der Waals surface area contributed by atoms with E-state index >= 15 is 0 Å². The molecule has 1 aliphatic rings. The number of aryl methyl sites for hydroxylation is 2. The fourth-order valence-electron chi connectivity index (χ4n) is 3.89. The molecule has 0 bridgehead atoms. The summed E-state index contributed by atoms with van der Waals surface area (Å²) in [6.45, 7) is 4.47. The second kappa shape index (κ2) is 9.47. The van der Waals surface area contributed by atoms with Gasteiger partial charge < -0.3 is 5.32 Å². The summed E-state index contributed by atoms with van der Waals surface area (Å²) in [5.41, 5.74) is 5.90. The quantitative estimate of drug-likeness (QED) is 0.470. The number of fused-ring (bicyclic) bond motifs is 1. The van der Waals surface area contributed by atoms with Crippen LogP contribution in [0.1, 0.15) is 40.8 Å². The Bertz CT molecular complexity index is 1160. The molecule has 160 valence electrons. The monoisotopic (exact) mass is 434 g/mol. The van der Waals surface area contributed by atoms with Crippen molar-refractivity contribution in [1.29, 1.82) is 0 Å². The minimum Gasteiger partial charge on any atom is -0.325 e. The molecule has 0 saturated carbocycles. The second-order valence-corrected chi connectivity index (χ2v) is 8.89. The van der Waals surface area contributed by atoms with Crippen molar-refractivity contribution in [2.24, 2.45) is 0 Å². The Balaban J connectivity index is 1.53. The summed E-state index contributed by atoms with van der Waals surface area (Å²) >= 11 is 1.36. The van der Waals surface area contributed by atoms with E-state index in [0.29, 0.717) is 11.6 Å². The van der Waals surface area contributed by atoms with Crippen LogP contribution in [0, 0.1) is 13.8 Å². The van der Waals surface area contributed by atoms with Gasteiger partial charge in [0, 0.05) is 29.3 Å². The summed E-state index contributed by atoms with van der Waals surface area (Å²) in [6, 6.07) is 9.83. The third-order valence-electron chi connectivity index (χ3n) is 5.55. The smallest absolute Gasteiger partial charge is 0.325 e. The molecular formula is C24H26N4O2S. The zero-order valence-corrected chi connectivity index (χ0v) is 18.7. The number of aromatic nitrogens is 3. The standard InChI is InChI=1S/C24H26N4O2S/c1-16-7-8-17(2)20(13-16)26-22(29)15-31-23-19-5-3-4-6-21(19)28(24(30)27-23)14-18-9-11-25-12-10-18/h7-13H,3-6,14-15H2,1-2H3,(H,26,29). The fraction of sp³-hybridized carbons (Fsp3) is 0.333. The van der Waals surface area contributed by atoms with Crippen LogP contribution in [0.5, 0.6) is 0 Å². The lowest BCUT2D eigenvalue weighted by Gasteiger charge is -2.22. The number of amides is 1. The van der Waals surface area contributed by atoms with Gasteiger partial charge in [-0.1, -0.05) is 23.9 Å². The Hall–Kier alpha value is -2.93. The zero-order chi connectivity index (χ0) is 21.8. The Morgan fingerprint density at radius 3 is 2.71 bits per heavy atom. The molecule has 0 atom stereocenters. The van der Waals surface area contributed by atoms with E-state index in [9.17, 15) is 9.59 Å². The van der Waals surface area contributed by atoms with Gasteiger partial charge in [-0.25, -0.2) is 4.79 Å². The number of benzene rings is 1. The number of anilines is 1. The van der Waals surface area contributed by atoms with E-state index in [0.717, 1.165) is 59.3 Å². The molecule has 2 heterocycles. The van der Waals surface area contributed by atoms with E-state index in [4.69, 9.17) is 0 Å². The summed E-state index contributed by atoms with van der Waals surface area (Å²) in [5.74, 6) is 0.131. The minimum atomic E-state index is -0.255. The Morgan fingerprint density at radius 1 is 1.13 bits per heavy atom. The molecule has 1 N–H and O–H groups in total. The fourth-order valence-corrected chi connectivity index (χ4v) is 4.77. The molecule has 6 nitrogen and oxygen atoms in total. The molecule has 3 aromatic rings. The number of hydrogen-bond acceptors (Lipinski definition) is 5. The molecular weight excluding hydrogens is 408 g/mol. The van der Waals surface area contributed by atoms with Crippen molar-refractivity contribution in [2.75, 3.05) is 11.1 Å². The maximum absolute atomic E-state index is 12.9. The topological polar surface area (TPSA) is 76.9 Å². The van der Waals surface area contributed by atoms with Gasteiger partial charge in [0.05, 0.1) is 12.3 Å². The minimum absolute atomic E-state index is 0.0916. The molecule has 31 heavy (non-hydrogen) atoms. The van der Waals surface area contributed by atoms with Crippen LogP contribution in [-0.2, 0) is 24.2 Å². The molecule has 7 heteroatoms. The lowest BCUT2D eigenvalue weighted by atomic mass is 9.97. The molecule has 4 rings (SSSR count). The Morgan fingerprint density at radius 2 is 1.90 bits per heavy atom.